The van der Waals surface area contributed by atoms with E-state index in [0.717, 1.165) is 32.5 Å². The molecule has 1 aliphatic heterocycles. The highest BCUT2D eigenvalue weighted by atomic mass is 16.3. The van der Waals surface area contributed by atoms with Crippen LogP contribution in [0.5, 0.6) is 0 Å². The van der Waals surface area contributed by atoms with Crippen molar-refractivity contribution < 1.29 is 9.21 Å². The molecule has 0 aliphatic carbocycles. The minimum atomic E-state index is -0.122. The van der Waals surface area contributed by atoms with Gasteiger partial charge in [-0.2, -0.15) is 0 Å². The first-order chi connectivity index (χ1) is 14.2. The molecule has 5 nitrogen and oxygen atoms in total. The second kappa shape index (κ2) is 9.05. The Morgan fingerprint density at radius 3 is 2.66 bits per heavy atom. The summed E-state index contributed by atoms with van der Waals surface area (Å²) in [6, 6.07) is 19.9. The summed E-state index contributed by atoms with van der Waals surface area (Å²) >= 11 is 0. The van der Waals surface area contributed by atoms with Gasteiger partial charge in [0.05, 0.1) is 6.26 Å². The van der Waals surface area contributed by atoms with Gasteiger partial charge in [-0.1, -0.05) is 43.3 Å². The van der Waals surface area contributed by atoms with Crippen LogP contribution in [0.4, 0.5) is 5.82 Å². The van der Waals surface area contributed by atoms with Gasteiger partial charge < -0.3 is 9.32 Å². The predicted molar refractivity (Wildman–Crippen MR) is 114 cm³/mol. The molecule has 0 saturated carbocycles. The van der Waals surface area contributed by atoms with Gasteiger partial charge in [0.15, 0.2) is 5.76 Å². The minimum Gasteiger partial charge on any atom is -0.459 e. The molecule has 3 heterocycles. The molecule has 5 heteroatoms. The van der Waals surface area contributed by atoms with Crippen LogP contribution in [0.15, 0.2) is 77.5 Å². The van der Waals surface area contributed by atoms with Gasteiger partial charge in [0.1, 0.15) is 5.82 Å². The molecule has 150 valence electrons. The maximum absolute atomic E-state index is 13.2. The standard InChI is InChI=1S/C24H27N3O2/c1-19-18-26(15-12-20-8-3-2-4-9-20)16-13-21(19)27(23-11-5-6-14-25-23)24(28)22-10-7-17-29-22/h2-11,14,17,19,21H,12-13,15-16,18H2,1H3. The number of hydrogen-bond donors (Lipinski definition) is 0. The highest BCUT2D eigenvalue weighted by Crippen LogP contribution is 2.28. The number of aromatic nitrogens is 1. The van der Waals surface area contributed by atoms with Crippen molar-refractivity contribution in [2.75, 3.05) is 24.5 Å². The Morgan fingerprint density at radius 2 is 1.97 bits per heavy atom. The molecule has 0 spiro atoms. The average molecular weight is 389 g/mol. The number of amides is 1. The van der Waals surface area contributed by atoms with Crippen molar-refractivity contribution in [3.8, 4) is 0 Å². The molecular formula is C24H27N3O2. The Hall–Kier alpha value is -2.92. The van der Waals surface area contributed by atoms with Crippen LogP contribution in [0.25, 0.3) is 0 Å². The van der Waals surface area contributed by atoms with Crippen LogP contribution in [-0.4, -0.2) is 41.5 Å². The van der Waals surface area contributed by atoms with E-state index in [1.54, 1.807) is 24.6 Å². The lowest BCUT2D eigenvalue weighted by molar-refractivity contribution is 0.0905. The highest BCUT2D eigenvalue weighted by Gasteiger charge is 2.35. The molecule has 2 atom stereocenters. The van der Waals surface area contributed by atoms with Crippen LogP contribution in [0, 0.1) is 5.92 Å². The zero-order chi connectivity index (χ0) is 20.1. The van der Waals surface area contributed by atoms with Crippen LogP contribution in [0.3, 0.4) is 0 Å². The molecule has 0 N–H and O–H groups in total. The fraction of sp³-hybridized carbons (Fsp3) is 0.333. The number of rotatable bonds is 6. The van der Waals surface area contributed by atoms with Crippen molar-refractivity contribution in [1.29, 1.82) is 0 Å². The molecule has 0 radical (unpaired) electrons. The topological polar surface area (TPSA) is 49.6 Å². The van der Waals surface area contributed by atoms with Crippen LogP contribution in [0.2, 0.25) is 0 Å². The van der Waals surface area contributed by atoms with E-state index in [0.29, 0.717) is 17.5 Å². The number of carbonyl (C=O) groups excluding carboxylic acids is 1. The number of likely N-dealkylation sites (tertiary alicyclic amines) is 1. The van der Waals surface area contributed by atoms with Crippen molar-refractivity contribution in [3.63, 3.8) is 0 Å². The fourth-order valence-electron chi connectivity index (χ4n) is 4.18. The highest BCUT2D eigenvalue weighted by molar-refractivity contribution is 6.04. The lowest BCUT2D eigenvalue weighted by Crippen LogP contribution is -2.53. The van der Waals surface area contributed by atoms with Gasteiger partial charge in [-0.25, -0.2) is 4.98 Å². The summed E-state index contributed by atoms with van der Waals surface area (Å²) in [6.45, 7) is 5.20. The first kappa shape index (κ1) is 19.4. The van der Waals surface area contributed by atoms with E-state index in [1.807, 2.05) is 23.1 Å². The first-order valence-electron chi connectivity index (χ1n) is 10.3. The molecule has 2 unspecified atom stereocenters. The number of pyridine rings is 1. The molecule has 1 amide bonds. The van der Waals surface area contributed by atoms with Gasteiger partial charge >= 0.3 is 0 Å². The van der Waals surface area contributed by atoms with E-state index >= 15 is 0 Å². The van der Waals surface area contributed by atoms with Gasteiger partial charge in [-0.15, -0.1) is 0 Å². The Bertz CT molecular complexity index is 896. The van der Waals surface area contributed by atoms with Crippen molar-refractivity contribution in [3.05, 3.63) is 84.4 Å². The summed E-state index contributed by atoms with van der Waals surface area (Å²) in [5.74, 6) is 1.25. The third-order valence-corrected chi connectivity index (χ3v) is 5.68. The first-order valence-corrected chi connectivity index (χ1v) is 10.3. The lowest BCUT2D eigenvalue weighted by atomic mass is 9.91. The second-order valence-corrected chi connectivity index (χ2v) is 7.71. The quantitative estimate of drug-likeness (QED) is 0.632. The van der Waals surface area contributed by atoms with Gasteiger partial charge in [-0.05, 0) is 48.6 Å². The minimum absolute atomic E-state index is 0.0930. The van der Waals surface area contributed by atoms with Gasteiger partial charge in [0.25, 0.3) is 5.91 Å². The predicted octanol–water partition coefficient (Wildman–Crippen LogP) is 4.27. The zero-order valence-electron chi connectivity index (χ0n) is 16.8. The van der Waals surface area contributed by atoms with E-state index in [2.05, 4.69) is 47.1 Å². The van der Waals surface area contributed by atoms with Crippen LogP contribution >= 0.6 is 0 Å². The van der Waals surface area contributed by atoms with Crippen molar-refractivity contribution in [1.82, 2.24) is 9.88 Å². The molecule has 2 aromatic heterocycles. The van der Waals surface area contributed by atoms with Crippen molar-refractivity contribution >= 4 is 11.7 Å². The largest absolute Gasteiger partial charge is 0.459 e. The molecule has 1 aliphatic rings. The summed E-state index contributed by atoms with van der Waals surface area (Å²) in [4.78, 5) is 22.0. The van der Waals surface area contributed by atoms with E-state index in [4.69, 9.17) is 4.42 Å². The van der Waals surface area contributed by atoms with E-state index in [9.17, 15) is 4.79 Å². The molecule has 1 aromatic carbocycles. The number of carbonyl (C=O) groups is 1. The maximum Gasteiger partial charge on any atom is 0.295 e. The number of hydrogen-bond acceptors (Lipinski definition) is 4. The van der Waals surface area contributed by atoms with E-state index in [1.165, 1.54) is 5.56 Å². The Morgan fingerprint density at radius 1 is 1.14 bits per heavy atom. The van der Waals surface area contributed by atoms with Gasteiger partial charge in [0.2, 0.25) is 0 Å². The van der Waals surface area contributed by atoms with Crippen LogP contribution < -0.4 is 4.90 Å². The summed E-state index contributed by atoms with van der Waals surface area (Å²) in [6.07, 6.45) is 5.24. The Balaban J connectivity index is 1.47. The summed E-state index contributed by atoms with van der Waals surface area (Å²) in [7, 11) is 0. The van der Waals surface area contributed by atoms with Crippen LogP contribution in [-0.2, 0) is 6.42 Å². The fourth-order valence-corrected chi connectivity index (χ4v) is 4.18. The van der Waals surface area contributed by atoms with E-state index in [-0.39, 0.29) is 11.9 Å². The third-order valence-electron chi connectivity index (χ3n) is 5.68. The third kappa shape index (κ3) is 4.57. The molecule has 4 rings (SSSR count). The van der Waals surface area contributed by atoms with E-state index < -0.39 is 0 Å². The number of anilines is 1. The summed E-state index contributed by atoms with van der Waals surface area (Å²) in [5.41, 5.74) is 1.37. The molecule has 1 fully saturated rings. The summed E-state index contributed by atoms with van der Waals surface area (Å²) in [5, 5.41) is 0. The van der Waals surface area contributed by atoms with Gasteiger partial charge in [0, 0.05) is 31.9 Å². The number of piperidine rings is 1. The molecule has 0 bridgehead atoms. The summed E-state index contributed by atoms with van der Waals surface area (Å²) < 4.78 is 5.40. The maximum atomic E-state index is 13.2. The molecule has 3 aromatic rings. The zero-order valence-corrected chi connectivity index (χ0v) is 16.8. The van der Waals surface area contributed by atoms with Crippen molar-refractivity contribution in [2.24, 2.45) is 5.92 Å². The number of benzene rings is 1. The average Bonchev–Trinajstić information content (AvgIpc) is 3.30. The SMILES string of the molecule is CC1CN(CCc2ccccc2)CCC1N(C(=O)c1ccco1)c1ccccn1. The van der Waals surface area contributed by atoms with Crippen molar-refractivity contribution in [2.45, 2.75) is 25.8 Å². The van der Waals surface area contributed by atoms with Crippen LogP contribution in [0.1, 0.15) is 29.5 Å². The number of furan rings is 1. The normalized spacial score (nSPS) is 19.8. The molecule has 1 saturated heterocycles. The molecule has 29 heavy (non-hydrogen) atoms. The number of nitrogens with zero attached hydrogens (tertiary/aromatic N) is 3. The Kier molecular flexibility index (Phi) is 6.06. The second-order valence-electron chi connectivity index (χ2n) is 7.71. The smallest absolute Gasteiger partial charge is 0.295 e. The van der Waals surface area contributed by atoms with Gasteiger partial charge in [-0.3, -0.25) is 9.69 Å². The lowest BCUT2D eigenvalue weighted by Gasteiger charge is -2.42. The monoisotopic (exact) mass is 389 g/mol. The molecular weight excluding hydrogens is 362 g/mol. The Labute approximate surface area is 172 Å².